The molecule has 1 aromatic heterocycles. The lowest BCUT2D eigenvalue weighted by Crippen LogP contribution is -2.27. The van der Waals surface area contributed by atoms with Crippen molar-refractivity contribution in [1.82, 2.24) is 9.88 Å². The van der Waals surface area contributed by atoms with Gasteiger partial charge in [0.15, 0.2) is 5.43 Å². The van der Waals surface area contributed by atoms with E-state index in [-0.39, 0.29) is 17.9 Å². The Bertz CT molecular complexity index is 1410. The maximum Gasteiger partial charge on any atom is 0.251 e. The van der Waals surface area contributed by atoms with E-state index in [1.807, 2.05) is 53.2 Å². The number of aliphatic imine (C=N–C) groups is 1. The van der Waals surface area contributed by atoms with Crippen LogP contribution in [0, 0.1) is 0 Å². The number of hydrogen-bond acceptors (Lipinski definition) is 3. The predicted octanol–water partition coefficient (Wildman–Crippen LogP) is 4.83. The number of fused-ring (bicyclic) bond motifs is 2. The Labute approximate surface area is 183 Å². The lowest BCUT2D eigenvalue weighted by atomic mass is 10.1. The third kappa shape index (κ3) is 3.64. The number of aromatic nitrogens is 1. The molecular formula is C25H18ClN3O2. The topological polar surface area (TPSA) is 63.5 Å². The first-order valence-electron chi connectivity index (χ1n) is 9.93. The van der Waals surface area contributed by atoms with Crippen molar-refractivity contribution in [3.8, 4) is 5.69 Å². The zero-order valence-electron chi connectivity index (χ0n) is 16.5. The van der Waals surface area contributed by atoms with Gasteiger partial charge in [-0.3, -0.25) is 14.6 Å². The molecule has 6 heteroatoms. The van der Waals surface area contributed by atoms with Crippen LogP contribution in [0.1, 0.15) is 21.5 Å². The van der Waals surface area contributed by atoms with Gasteiger partial charge in [-0.15, -0.1) is 0 Å². The molecule has 31 heavy (non-hydrogen) atoms. The molecule has 4 aromatic rings. The highest BCUT2D eigenvalue weighted by atomic mass is 35.5. The number of pyridine rings is 1. The van der Waals surface area contributed by atoms with Gasteiger partial charge in [-0.2, -0.15) is 0 Å². The van der Waals surface area contributed by atoms with E-state index in [4.69, 9.17) is 11.6 Å². The lowest BCUT2D eigenvalue weighted by Gasteiger charge is -2.14. The number of nitrogens with zero attached hydrogens (tertiary/aromatic N) is 2. The molecule has 0 bridgehead atoms. The minimum Gasteiger partial charge on any atom is -0.348 e. The summed E-state index contributed by atoms with van der Waals surface area (Å²) in [7, 11) is 0. The van der Waals surface area contributed by atoms with Crippen LogP contribution in [0.5, 0.6) is 0 Å². The third-order valence-electron chi connectivity index (χ3n) is 5.40. The highest BCUT2D eigenvalue weighted by molar-refractivity contribution is 6.31. The summed E-state index contributed by atoms with van der Waals surface area (Å²) in [5, 5.41) is 3.99. The number of hydrogen-bond donors (Lipinski definition) is 1. The van der Waals surface area contributed by atoms with E-state index in [1.54, 1.807) is 30.5 Å². The van der Waals surface area contributed by atoms with Crippen molar-refractivity contribution in [2.75, 3.05) is 0 Å². The van der Waals surface area contributed by atoms with Crippen molar-refractivity contribution < 1.29 is 4.79 Å². The van der Waals surface area contributed by atoms with Crippen molar-refractivity contribution in [2.24, 2.45) is 4.99 Å². The molecule has 1 N–H and O–H groups in total. The van der Waals surface area contributed by atoms with Crippen molar-refractivity contribution in [3.63, 3.8) is 0 Å². The average molecular weight is 428 g/mol. The second-order valence-corrected chi connectivity index (χ2v) is 7.83. The molecule has 5 nitrogen and oxygen atoms in total. The van der Waals surface area contributed by atoms with Gasteiger partial charge in [-0.05, 0) is 54.1 Å². The summed E-state index contributed by atoms with van der Waals surface area (Å²) in [6, 6.07) is 20.4. The minimum absolute atomic E-state index is 0.122. The van der Waals surface area contributed by atoms with E-state index < -0.39 is 0 Å². The van der Waals surface area contributed by atoms with Gasteiger partial charge in [0.2, 0.25) is 0 Å². The van der Waals surface area contributed by atoms with Crippen LogP contribution >= 0.6 is 11.6 Å². The lowest BCUT2D eigenvalue weighted by molar-refractivity contribution is 0.0950. The second-order valence-electron chi connectivity index (χ2n) is 7.39. The van der Waals surface area contributed by atoms with Crippen LogP contribution in [0.4, 0.5) is 5.69 Å². The standard InChI is InChI=1S/C25H18ClN3O2/c26-19-7-8-21-23(13-19)29(20-4-2-1-3-5-20)15-18(24(21)30)14-28-25(31)17-6-9-22-16(12-17)10-11-27-22/h1-9,11-13,15H,10,14H2,(H,28,31). The first-order chi connectivity index (χ1) is 15.1. The summed E-state index contributed by atoms with van der Waals surface area (Å²) in [6.07, 6.45) is 4.33. The quantitative estimate of drug-likeness (QED) is 0.507. The minimum atomic E-state index is -0.225. The Hall–Kier alpha value is -3.70. The number of benzene rings is 3. The Morgan fingerprint density at radius 1 is 1.06 bits per heavy atom. The summed E-state index contributed by atoms with van der Waals surface area (Å²) in [6.45, 7) is 0.122. The molecule has 2 heterocycles. The molecular weight excluding hydrogens is 410 g/mol. The van der Waals surface area contributed by atoms with Crippen LogP contribution in [0.15, 0.2) is 82.7 Å². The Morgan fingerprint density at radius 3 is 2.74 bits per heavy atom. The number of amides is 1. The normalized spacial score (nSPS) is 12.2. The molecule has 0 aliphatic carbocycles. The summed E-state index contributed by atoms with van der Waals surface area (Å²) in [5.74, 6) is -0.225. The van der Waals surface area contributed by atoms with Gasteiger partial charge in [0.25, 0.3) is 5.91 Å². The number of carbonyl (C=O) groups excluding carboxylic acids is 1. The van der Waals surface area contributed by atoms with Crippen LogP contribution in [0.25, 0.3) is 16.6 Å². The van der Waals surface area contributed by atoms with E-state index in [9.17, 15) is 9.59 Å². The Morgan fingerprint density at radius 2 is 1.90 bits per heavy atom. The molecule has 1 aliphatic heterocycles. The SMILES string of the molecule is O=C(NCc1cn(-c2ccccc2)c2cc(Cl)ccc2c1=O)c1ccc2c(c1)CC=N2. The van der Waals surface area contributed by atoms with Gasteiger partial charge in [0.1, 0.15) is 0 Å². The molecule has 0 radical (unpaired) electrons. The summed E-state index contributed by atoms with van der Waals surface area (Å²) < 4.78 is 1.93. The van der Waals surface area contributed by atoms with E-state index in [2.05, 4.69) is 10.3 Å². The first-order valence-corrected chi connectivity index (χ1v) is 10.3. The van der Waals surface area contributed by atoms with Gasteiger partial charge in [-0.1, -0.05) is 29.8 Å². The molecule has 0 fully saturated rings. The van der Waals surface area contributed by atoms with E-state index in [0.717, 1.165) is 28.9 Å². The third-order valence-corrected chi connectivity index (χ3v) is 5.63. The van der Waals surface area contributed by atoms with Gasteiger partial charge in [0, 0.05) is 52.6 Å². The summed E-state index contributed by atoms with van der Waals surface area (Å²) in [5.41, 5.74) is 4.48. The summed E-state index contributed by atoms with van der Waals surface area (Å²) >= 11 is 6.20. The number of carbonyl (C=O) groups is 1. The largest absolute Gasteiger partial charge is 0.348 e. The fraction of sp³-hybridized carbons (Fsp3) is 0.0800. The monoisotopic (exact) mass is 427 g/mol. The Kier molecular flexibility index (Phi) is 4.88. The smallest absolute Gasteiger partial charge is 0.251 e. The van der Waals surface area contributed by atoms with Crippen LogP contribution < -0.4 is 10.7 Å². The number of halogens is 1. The maximum atomic E-state index is 13.1. The first kappa shape index (κ1) is 19.3. The zero-order valence-corrected chi connectivity index (χ0v) is 17.3. The molecule has 3 aromatic carbocycles. The maximum absolute atomic E-state index is 13.1. The fourth-order valence-electron chi connectivity index (χ4n) is 3.82. The van der Waals surface area contributed by atoms with Crippen LogP contribution in [-0.4, -0.2) is 16.7 Å². The van der Waals surface area contributed by atoms with Gasteiger partial charge in [0.05, 0.1) is 11.2 Å². The van der Waals surface area contributed by atoms with Crippen molar-refractivity contribution >= 4 is 40.3 Å². The van der Waals surface area contributed by atoms with Crippen LogP contribution in [0.3, 0.4) is 0 Å². The Balaban J connectivity index is 1.50. The fourth-order valence-corrected chi connectivity index (χ4v) is 3.98. The predicted molar refractivity (Wildman–Crippen MR) is 124 cm³/mol. The number of para-hydroxylation sites is 1. The second kappa shape index (κ2) is 7.85. The van der Waals surface area contributed by atoms with Crippen molar-refractivity contribution in [2.45, 2.75) is 13.0 Å². The zero-order chi connectivity index (χ0) is 21.4. The summed E-state index contributed by atoms with van der Waals surface area (Å²) in [4.78, 5) is 30.1. The molecule has 1 aliphatic rings. The molecule has 0 saturated heterocycles. The van der Waals surface area contributed by atoms with Gasteiger partial charge >= 0.3 is 0 Å². The molecule has 1 amide bonds. The number of rotatable bonds is 4. The van der Waals surface area contributed by atoms with Crippen molar-refractivity contribution in [3.05, 3.63) is 105 Å². The van der Waals surface area contributed by atoms with E-state index in [1.165, 1.54) is 0 Å². The molecule has 0 atom stereocenters. The van der Waals surface area contributed by atoms with Crippen molar-refractivity contribution in [1.29, 1.82) is 0 Å². The van der Waals surface area contributed by atoms with Gasteiger partial charge < -0.3 is 9.88 Å². The molecule has 0 unspecified atom stereocenters. The molecule has 0 saturated carbocycles. The number of nitrogens with one attached hydrogen (secondary N) is 1. The van der Waals surface area contributed by atoms with E-state index in [0.29, 0.717) is 21.5 Å². The highest BCUT2D eigenvalue weighted by Crippen LogP contribution is 2.25. The van der Waals surface area contributed by atoms with Crippen LogP contribution in [-0.2, 0) is 13.0 Å². The van der Waals surface area contributed by atoms with Gasteiger partial charge in [-0.25, -0.2) is 0 Å². The van der Waals surface area contributed by atoms with Crippen LogP contribution in [0.2, 0.25) is 5.02 Å². The molecule has 0 spiro atoms. The molecule has 152 valence electrons. The van der Waals surface area contributed by atoms with E-state index >= 15 is 0 Å². The highest BCUT2D eigenvalue weighted by Gasteiger charge is 2.14. The average Bonchev–Trinajstić information content (AvgIpc) is 3.27. The molecule has 5 rings (SSSR count).